The molecule has 0 saturated carbocycles. The van der Waals surface area contributed by atoms with Gasteiger partial charge in [-0.15, -0.1) is 11.3 Å². The van der Waals surface area contributed by atoms with E-state index in [-0.39, 0.29) is 11.9 Å². The molecule has 1 aliphatic rings. The number of aromatic nitrogens is 1. The van der Waals surface area contributed by atoms with Gasteiger partial charge in [-0.1, -0.05) is 11.6 Å². The summed E-state index contributed by atoms with van der Waals surface area (Å²) in [6.45, 7) is 0. The molecule has 1 aliphatic carbocycles. The molecule has 2 heterocycles. The van der Waals surface area contributed by atoms with E-state index < -0.39 is 0 Å². The van der Waals surface area contributed by atoms with Gasteiger partial charge in [0.15, 0.2) is 0 Å². The Bertz CT molecular complexity index is 656. The highest BCUT2D eigenvalue weighted by molar-refractivity contribution is 7.10. The number of hydrogen-bond donors (Lipinski definition) is 2. The molecule has 0 bridgehead atoms. The number of thiophene rings is 1. The number of nitrogens with two attached hydrogens (primary N) is 1. The Kier molecular flexibility index (Phi) is 3.63. The summed E-state index contributed by atoms with van der Waals surface area (Å²) in [7, 11) is 0. The number of anilines is 1. The maximum Gasteiger partial charge on any atom is 0.253 e. The summed E-state index contributed by atoms with van der Waals surface area (Å²) in [4.78, 5) is 17.6. The third kappa shape index (κ3) is 2.51. The number of carbonyl (C=O) groups is 1. The lowest BCUT2D eigenvalue weighted by Crippen LogP contribution is -2.30. The summed E-state index contributed by atoms with van der Waals surface area (Å²) in [6.07, 6.45) is 4.54. The monoisotopic (exact) mass is 307 g/mol. The second-order valence-electron chi connectivity index (χ2n) is 4.81. The fraction of sp³-hybridized carbons (Fsp3) is 0.286. The van der Waals surface area contributed by atoms with Crippen LogP contribution in [0.15, 0.2) is 23.7 Å². The van der Waals surface area contributed by atoms with Crippen LogP contribution < -0.4 is 11.1 Å². The number of halogens is 1. The molecule has 1 unspecified atom stereocenters. The quantitative estimate of drug-likeness (QED) is 0.895. The number of pyridine rings is 1. The first kappa shape index (κ1) is 13.4. The van der Waals surface area contributed by atoms with Crippen molar-refractivity contribution in [2.45, 2.75) is 25.3 Å². The highest BCUT2D eigenvalue weighted by Gasteiger charge is 2.24. The molecule has 2 aromatic heterocycles. The van der Waals surface area contributed by atoms with Crippen molar-refractivity contribution < 1.29 is 4.79 Å². The van der Waals surface area contributed by atoms with E-state index in [0.717, 1.165) is 19.3 Å². The van der Waals surface area contributed by atoms with Crippen LogP contribution in [0.4, 0.5) is 5.82 Å². The second kappa shape index (κ2) is 5.42. The van der Waals surface area contributed by atoms with Gasteiger partial charge in [-0.25, -0.2) is 4.98 Å². The number of nitrogens with one attached hydrogen (secondary N) is 1. The molecule has 3 N–H and O–H groups in total. The molecule has 0 spiro atoms. The SMILES string of the molecule is Nc1cc(C(=O)NC2CCCc3sccc32)c(Cl)cn1. The predicted octanol–water partition coefficient (Wildman–Crippen LogP) is 3.19. The largest absolute Gasteiger partial charge is 0.384 e. The van der Waals surface area contributed by atoms with E-state index in [0.29, 0.717) is 16.4 Å². The first-order chi connectivity index (χ1) is 9.65. The highest BCUT2D eigenvalue weighted by atomic mass is 35.5. The Morgan fingerprint density at radius 2 is 2.40 bits per heavy atom. The normalized spacial score (nSPS) is 17.6. The molecule has 0 aliphatic heterocycles. The van der Waals surface area contributed by atoms with Crippen molar-refractivity contribution in [3.63, 3.8) is 0 Å². The Labute approximate surface area is 126 Å². The molecule has 3 rings (SSSR count). The summed E-state index contributed by atoms with van der Waals surface area (Å²) in [5.74, 6) is 0.0903. The molecule has 2 aromatic rings. The molecular formula is C14H14ClN3OS. The van der Waals surface area contributed by atoms with Crippen LogP contribution >= 0.6 is 22.9 Å². The maximum atomic E-state index is 12.3. The van der Waals surface area contributed by atoms with Gasteiger partial charge in [0.25, 0.3) is 5.91 Å². The maximum absolute atomic E-state index is 12.3. The zero-order valence-electron chi connectivity index (χ0n) is 10.7. The lowest BCUT2D eigenvalue weighted by Gasteiger charge is -2.23. The summed E-state index contributed by atoms with van der Waals surface area (Å²) >= 11 is 7.76. The molecule has 0 saturated heterocycles. The van der Waals surface area contributed by atoms with Crippen LogP contribution in [-0.4, -0.2) is 10.9 Å². The van der Waals surface area contributed by atoms with Crippen LogP contribution in [-0.2, 0) is 6.42 Å². The van der Waals surface area contributed by atoms with Crippen molar-refractivity contribution in [1.82, 2.24) is 10.3 Å². The molecular weight excluding hydrogens is 294 g/mol. The summed E-state index contributed by atoms with van der Waals surface area (Å²) < 4.78 is 0. The van der Waals surface area contributed by atoms with Gasteiger partial charge in [0.05, 0.1) is 16.6 Å². The molecule has 104 valence electrons. The van der Waals surface area contributed by atoms with Crippen molar-refractivity contribution in [1.29, 1.82) is 0 Å². The Balaban J connectivity index is 1.82. The second-order valence-corrected chi connectivity index (χ2v) is 6.21. The zero-order chi connectivity index (χ0) is 14.1. The van der Waals surface area contributed by atoms with Crippen LogP contribution in [0.3, 0.4) is 0 Å². The van der Waals surface area contributed by atoms with Crippen molar-refractivity contribution >= 4 is 34.7 Å². The number of rotatable bonds is 2. The average molecular weight is 308 g/mol. The standard InChI is InChI=1S/C14H14ClN3OS/c15-10-7-17-13(16)6-9(10)14(19)18-11-2-1-3-12-8(11)4-5-20-12/h4-7,11H,1-3H2,(H2,16,17)(H,18,19). The Morgan fingerprint density at radius 3 is 3.25 bits per heavy atom. The van der Waals surface area contributed by atoms with Crippen molar-refractivity contribution in [2.24, 2.45) is 0 Å². The van der Waals surface area contributed by atoms with Gasteiger partial charge in [0, 0.05) is 11.1 Å². The average Bonchev–Trinajstić information content (AvgIpc) is 2.91. The molecule has 0 aromatic carbocycles. The number of fused-ring (bicyclic) bond motifs is 1. The minimum Gasteiger partial charge on any atom is -0.384 e. The molecule has 1 atom stereocenters. The molecule has 0 fully saturated rings. The number of nitrogen functional groups attached to an aromatic ring is 1. The van der Waals surface area contributed by atoms with Gasteiger partial charge in [0.2, 0.25) is 0 Å². The number of nitrogens with zero attached hydrogens (tertiary/aromatic N) is 1. The van der Waals surface area contributed by atoms with Crippen molar-refractivity contribution in [2.75, 3.05) is 5.73 Å². The molecule has 6 heteroatoms. The third-order valence-electron chi connectivity index (χ3n) is 3.48. The Morgan fingerprint density at radius 1 is 1.55 bits per heavy atom. The fourth-order valence-electron chi connectivity index (χ4n) is 2.50. The Hall–Kier alpha value is -1.59. The van der Waals surface area contributed by atoms with E-state index in [1.165, 1.54) is 22.7 Å². The van der Waals surface area contributed by atoms with Crippen molar-refractivity contribution in [3.8, 4) is 0 Å². The van der Waals surface area contributed by atoms with E-state index in [4.69, 9.17) is 17.3 Å². The van der Waals surface area contributed by atoms with Gasteiger partial charge in [-0.05, 0) is 42.3 Å². The topological polar surface area (TPSA) is 68.0 Å². The first-order valence-electron chi connectivity index (χ1n) is 6.43. The number of aryl methyl sites for hydroxylation is 1. The number of carbonyl (C=O) groups excluding carboxylic acids is 1. The van der Waals surface area contributed by atoms with Crippen LogP contribution in [0, 0.1) is 0 Å². The summed E-state index contributed by atoms with van der Waals surface area (Å²) in [5.41, 5.74) is 7.22. The third-order valence-corrected chi connectivity index (χ3v) is 4.78. The van der Waals surface area contributed by atoms with Crippen molar-refractivity contribution in [3.05, 3.63) is 44.7 Å². The van der Waals surface area contributed by atoms with Crippen LogP contribution in [0.2, 0.25) is 5.02 Å². The number of amides is 1. The molecule has 20 heavy (non-hydrogen) atoms. The van der Waals surface area contributed by atoms with Gasteiger partial charge >= 0.3 is 0 Å². The van der Waals surface area contributed by atoms with Gasteiger partial charge < -0.3 is 11.1 Å². The van der Waals surface area contributed by atoms with Gasteiger partial charge in [-0.3, -0.25) is 4.79 Å². The first-order valence-corrected chi connectivity index (χ1v) is 7.69. The minimum atomic E-state index is -0.201. The summed E-state index contributed by atoms with van der Waals surface area (Å²) in [6, 6.07) is 3.66. The van der Waals surface area contributed by atoms with Crippen LogP contribution in [0.25, 0.3) is 0 Å². The van der Waals surface area contributed by atoms with E-state index in [2.05, 4.69) is 21.7 Å². The lowest BCUT2D eigenvalue weighted by atomic mass is 9.94. The smallest absolute Gasteiger partial charge is 0.253 e. The lowest BCUT2D eigenvalue weighted by molar-refractivity contribution is 0.0933. The zero-order valence-corrected chi connectivity index (χ0v) is 12.3. The molecule has 0 radical (unpaired) electrons. The molecule has 1 amide bonds. The van der Waals surface area contributed by atoms with Crippen LogP contribution in [0.5, 0.6) is 0 Å². The van der Waals surface area contributed by atoms with E-state index in [1.807, 2.05) is 0 Å². The van der Waals surface area contributed by atoms with Crippen LogP contribution in [0.1, 0.15) is 39.7 Å². The minimum absolute atomic E-state index is 0.0583. The van der Waals surface area contributed by atoms with Gasteiger partial charge in [-0.2, -0.15) is 0 Å². The van der Waals surface area contributed by atoms with E-state index in [1.54, 1.807) is 11.3 Å². The van der Waals surface area contributed by atoms with E-state index >= 15 is 0 Å². The van der Waals surface area contributed by atoms with E-state index in [9.17, 15) is 4.79 Å². The number of hydrogen-bond acceptors (Lipinski definition) is 4. The highest BCUT2D eigenvalue weighted by Crippen LogP contribution is 2.33. The predicted molar refractivity (Wildman–Crippen MR) is 81.1 cm³/mol. The fourth-order valence-corrected chi connectivity index (χ4v) is 3.68. The summed E-state index contributed by atoms with van der Waals surface area (Å²) in [5, 5.41) is 5.44. The molecule has 4 nitrogen and oxygen atoms in total. The van der Waals surface area contributed by atoms with Gasteiger partial charge in [0.1, 0.15) is 5.82 Å².